The summed E-state index contributed by atoms with van der Waals surface area (Å²) in [7, 11) is 3.23. The third kappa shape index (κ3) is 9.43. The van der Waals surface area contributed by atoms with Gasteiger partial charge in [-0.15, -0.1) is 10.2 Å². The monoisotopic (exact) mass is 904 g/mol. The van der Waals surface area contributed by atoms with Crippen LogP contribution in [0.1, 0.15) is 73.1 Å². The molecule has 4 aromatic carbocycles. The smallest absolute Gasteiger partial charge is 0.246 e. The molecule has 2 aliphatic rings. The average molecular weight is 906 g/mol. The molecule has 14 nitrogen and oxygen atoms in total. The minimum atomic E-state index is -0.234. The SMILES string of the molecule is COc1cc(Nc2nc3n(n2)CCCC[C@@H]3c2cccc(F)c2)ccc1-n1cnc(Cl)c1.COc1cc(Nc2nc3n(n2)CCCC[C@H]3c2cccc(F)c2)ccc1-n1cnc(Cl)c1. The van der Waals surface area contributed by atoms with E-state index in [1.165, 1.54) is 12.1 Å². The predicted molar refractivity (Wildman–Crippen MR) is 241 cm³/mol. The van der Waals surface area contributed by atoms with Crippen LogP contribution in [-0.4, -0.2) is 62.9 Å². The molecule has 0 saturated heterocycles. The van der Waals surface area contributed by atoms with Crippen molar-refractivity contribution in [1.82, 2.24) is 48.6 Å². The van der Waals surface area contributed by atoms with E-state index in [1.54, 1.807) is 72.7 Å². The van der Waals surface area contributed by atoms with Gasteiger partial charge in [-0.3, -0.25) is 0 Å². The van der Waals surface area contributed by atoms with Crippen LogP contribution < -0.4 is 20.1 Å². The Morgan fingerprint density at radius 3 is 1.44 bits per heavy atom. The molecule has 0 fully saturated rings. The number of anilines is 4. The molecule has 18 heteroatoms. The number of imidazole rings is 2. The summed E-state index contributed by atoms with van der Waals surface area (Å²) in [6.45, 7) is 1.58. The molecule has 0 aliphatic carbocycles. The highest BCUT2D eigenvalue weighted by atomic mass is 35.5. The number of rotatable bonds is 10. The van der Waals surface area contributed by atoms with Gasteiger partial charge < -0.3 is 29.2 Å². The van der Waals surface area contributed by atoms with Crippen LogP contribution in [0.2, 0.25) is 10.3 Å². The van der Waals surface area contributed by atoms with Crippen LogP contribution in [-0.2, 0) is 13.1 Å². The van der Waals surface area contributed by atoms with Crippen LogP contribution >= 0.6 is 23.2 Å². The van der Waals surface area contributed by atoms with Gasteiger partial charge in [-0.1, -0.05) is 60.3 Å². The van der Waals surface area contributed by atoms with Crippen molar-refractivity contribution in [3.63, 3.8) is 0 Å². The Morgan fingerprint density at radius 2 is 1.05 bits per heavy atom. The van der Waals surface area contributed by atoms with Crippen LogP contribution in [0.4, 0.5) is 32.1 Å². The van der Waals surface area contributed by atoms with Crippen molar-refractivity contribution in [2.24, 2.45) is 0 Å². The molecule has 64 heavy (non-hydrogen) atoms. The van der Waals surface area contributed by atoms with E-state index in [4.69, 9.17) is 42.6 Å². The van der Waals surface area contributed by atoms with Crippen molar-refractivity contribution in [1.29, 1.82) is 0 Å². The van der Waals surface area contributed by atoms with Crippen molar-refractivity contribution >= 4 is 46.5 Å². The fraction of sp³-hybridized carbons (Fsp3) is 0.261. The van der Waals surface area contributed by atoms with Gasteiger partial charge in [0.2, 0.25) is 11.9 Å². The molecule has 10 rings (SSSR count). The number of aromatic nitrogens is 10. The molecule has 0 unspecified atom stereocenters. The number of methoxy groups -OCH3 is 2. The zero-order chi connectivity index (χ0) is 44.2. The zero-order valence-electron chi connectivity index (χ0n) is 35.0. The van der Waals surface area contributed by atoms with Gasteiger partial charge in [0.05, 0.1) is 25.6 Å². The van der Waals surface area contributed by atoms with Crippen molar-refractivity contribution in [3.8, 4) is 22.9 Å². The number of nitrogens with zero attached hydrogens (tertiary/aromatic N) is 10. The Bertz CT molecular complexity index is 2700. The van der Waals surface area contributed by atoms with Crippen LogP contribution in [0.25, 0.3) is 11.4 Å². The summed E-state index contributed by atoms with van der Waals surface area (Å²) in [6, 6.07) is 24.9. The van der Waals surface area contributed by atoms with Crippen LogP contribution in [0.15, 0.2) is 110 Å². The number of nitrogens with one attached hydrogen (secondary N) is 2. The average Bonchev–Trinajstić information content (AvgIpc) is 4.07. The molecule has 8 aromatic rings. The van der Waals surface area contributed by atoms with Crippen LogP contribution in [0.5, 0.6) is 11.5 Å². The van der Waals surface area contributed by atoms with Crippen LogP contribution in [0, 0.1) is 11.6 Å². The maximum absolute atomic E-state index is 13.8. The fourth-order valence-electron chi connectivity index (χ4n) is 8.27. The summed E-state index contributed by atoms with van der Waals surface area (Å²) in [5.41, 5.74) is 5.07. The Morgan fingerprint density at radius 1 is 0.594 bits per heavy atom. The number of aryl methyl sites for hydroxylation is 2. The second kappa shape index (κ2) is 18.9. The van der Waals surface area contributed by atoms with Gasteiger partial charge in [-0.05, 0) is 85.3 Å². The Kier molecular flexibility index (Phi) is 12.6. The lowest BCUT2D eigenvalue weighted by molar-refractivity contribution is 0.413. The van der Waals surface area contributed by atoms with E-state index in [0.717, 1.165) is 97.1 Å². The summed E-state index contributed by atoms with van der Waals surface area (Å²) in [5.74, 6) is 3.58. The van der Waals surface area contributed by atoms with E-state index in [0.29, 0.717) is 33.7 Å². The number of halogens is 4. The zero-order valence-corrected chi connectivity index (χ0v) is 36.5. The molecule has 2 atom stereocenters. The number of hydrogen-bond donors (Lipinski definition) is 2. The first-order valence-corrected chi connectivity index (χ1v) is 21.7. The maximum Gasteiger partial charge on any atom is 0.246 e. The topological polar surface area (TPSA) is 140 Å². The summed E-state index contributed by atoms with van der Waals surface area (Å²) in [5, 5.41) is 16.7. The highest BCUT2D eigenvalue weighted by Gasteiger charge is 2.27. The van der Waals surface area contributed by atoms with Gasteiger partial charge in [0.15, 0.2) is 0 Å². The molecule has 2 N–H and O–H groups in total. The quantitative estimate of drug-likeness (QED) is 0.136. The first-order chi connectivity index (χ1) is 31.2. The molecule has 0 radical (unpaired) electrons. The second-order valence-electron chi connectivity index (χ2n) is 15.5. The molecule has 0 bridgehead atoms. The first kappa shape index (κ1) is 42.5. The van der Waals surface area contributed by atoms with E-state index < -0.39 is 0 Å². The molecule has 0 amide bonds. The van der Waals surface area contributed by atoms with Crippen LogP contribution in [0.3, 0.4) is 0 Å². The Balaban J connectivity index is 0.000000162. The number of hydrogen-bond acceptors (Lipinski definition) is 10. The third-order valence-corrected chi connectivity index (χ3v) is 11.7. The summed E-state index contributed by atoms with van der Waals surface area (Å²) < 4.78 is 46.3. The van der Waals surface area contributed by atoms with Crippen molar-refractivity contribution in [3.05, 3.63) is 155 Å². The van der Waals surface area contributed by atoms with E-state index in [9.17, 15) is 8.78 Å². The van der Waals surface area contributed by atoms with Gasteiger partial charge in [0.25, 0.3) is 0 Å². The van der Waals surface area contributed by atoms with E-state index in [-0.39, 0.29) is 23.5 Å². The Labute approximate surface area is 377 Å². The highest BCUT2D eigenvalue weighted by molar-refractivity contribution is 6.29. The van der Waals surface area contributed by atoms with Gasteiger partial charge in [0.1, 0.15) is 57.7 Å². The molecule has 4 aromatic heterocycles. The minimum Gasteiger partial charge on any atom is -0.494 e. The molecule has 0 saturated carbocycles. The lowest BCUT2D eigenvalue weighted by Crippen LogP contribution is -2.08. The summed E-state index contributed by atoms with van der Waals surface area (Å²) in [6.07, 6.45) is 12.6. The van der Waals surface area contributed by atoms with E-state index >= 15 is 0 Å². The van der Waals surface area contributed by atoms with Gasteiger partial charge in [-0.25, -0.2) is 28.1 Å². The maximum atomic E-state index is 13.8. The molecule has 328 valence electrons. The lowest BCUT2D eigenvalue weighted by atomic mass is 9.93. The molecule has 0 spiro atoms. The van der Waals surface area contributed by atoms with Gasteiger partial charge in [0, 0.05) is 60.8 Å². The molecule has 2 aliphatic heterocycles. The lowest BCUT2D eigenvalue weighted by Gasteiger charge is -2.14. The second-order valence-corrected chi connectivity index (χ2v) is 16.2. The number of benzene rings is 4. The highest BCUT2D eigenvalue weighted by Crippen LogP contribution is 2.36. The van der Waals surface area contributed by atoms with Crippen molar-refractivity contribution in [2.75, 3.05) is 24.9 Å². The van der Waals surface area contributed by atoms with Gasteiger partial charge >= 0.3 is 0 Å². The molecule has 6 heterocycles. The normalized spacial score (nSPS) is 15.8. The standard InChI is InChI=1S/2C23H22ClFN6O/c2*1-32-20-12-17(8-9-19(20)30-13-21(24)26-14-30)27-23-28-22-18(7-2-3-10-31(22)29-23)15-5-4-6-16(25)11-15/h2*4-6,8-9,11-14,18H,2-3,7,10H2,1H3,(H,27,29)/t2*18-/m10/s1. The third-order valence-electron chi connectivity index (χ3n) is 11.3. The van der Waals surface area contributed by atoms with Crippen molar-refractivity contribution in [2.45, 2.75) is 63.5 Å². The summed E-state index contributed by atoms with van der Waals surface area (Å²) in [4.78, 5) is 17.7. The Hall–Kier alpha value is -6.78. The molecular formula is C46H44Cl2F2N12O2. The van der Waals surface area contributed by atoms with E-state index in [1.807, 2.05) is 57.9 Å². The largest absolute Gasteiger partial charge is 0.494 e. The molecular weight excluding hydrogens is 861 g/mol. The fourth-order valence-corrected chi connectivity index (χ4v) is 8.57. The first-order valence-electron chi connectivity index (χ1n) is 20.9. The number of ether oxygens (including phenoxy) is 2. The van der Waals surface area contributed by atoms with Gasteiger partial charge in [-0.2, -0.15) is 9.97 Å². The number of fused-ring (bicyclic) bond motifs is 2. The van der Waals surface area contributed by atoms with Crippen molar-refractivity contribution < 1.29 is 18.3 Å². The van der Waals surface area contributed by atoms with E-state index in [2.05, 4.69) is 30.8 Å². The summed E-state index contributed by atoms with van der Waals surface area (Å²) >= 11 is 11.9. The predicted octanol–water partition coefficient (Wildman–Crippen LogP) is 10.6. The minimum absolute atomic E-state index is 0.0131.